The van der Waals surface area contributed by atoms with Gasteiger partial charge in [0.05, 0.1) is 6.26 Å². The molecule has 10 heteroatoms. The van der Waals surface area contributed by atoms with Crippen molar-refractivity contribution in [1.29, 1.82) is 0 Å². The van der Waals surface area contributed by atoms with Gasteiger partial charge in [-0.15, -0.1) is 0 Å². The molecule has 0 saturated heterocycles. The first-order chi connectivity index (χ1) is 22.4. The lowest BCUT2D eigenvalue weighted by Crippen LogP contribution is -2.25. The third kappa shape index (κ3) is 8.49. The van der Waals surface area contributed by atoms with Crippen molar-refractivity contribution in [1.82, 2.24) is 0 Å². The molecule has 0 heterocycles. The van der Waals surface area contributed by atoms with E-state index in [-0.39, 0.29) is 23.8 Å². The highest BCUT2D eigenvalue weighted by Crippen LogP contribution is 2.45. The van der Waals surface area contributed by atoms with Crippen LogP contribution in [0.25, 0.3) is 11.1 Å². The molecular weight excluding hydrogens is 628 g/mol. The fourth-order valence-corrected chi connectivity index (χ4v) is 7.32. The smallest absolute Gasteiger partial charge is 0.432 e. The van der Waals surface area contributed by atoms with Crippen LogP contribution in [-0.2, 0) is 6.11 Å². The van der Waals surface area contributed by atoms with Crippen molar-refractivity contribution >= 4 is 0 Å². The van der Waals surface area contributed by atoms with E-state index in [1.165, 1.54) is 51.4 Å². The zero-order valence-corrected chi connectivity index (χ0v) is 26.1. The summed E-state index contributed by atoms with van der Waals surface area (Å²) in [5.41, 5.74) is -0.142. The molecule has 2 aliphatic carbocycles. The maximum atomic E-state index is 15.0. The molecule has 2 nitrogen and oxygen atoms in total. The predicted octanol–water partition coefficient (Wildman–Crippen LogP) is 12.1. The highest BCUT2D eigenvalue weighted by Gasteiger charge is 2.41. The van der Waals surface area contributed by atoms with Gasteiger partial charge in [-0.3, -0.25) is 0 Å². The lowest BCUT2D eigenvalue weighted by atomic mass is 9.68. The first kappa shape index (κ1) is 34.8. The van der Waals surface area contributed by atoms with Gasteiger partial charge in [-0.25, -0.2) is 26.3 Å². The Balaban J connectivity index is 1.22. The number of rotatable bonds is 11. The van der Waals surface area contributed by atoms with Crippen LogP contribution in [0.5, 0.6) is 11.5 Å². The number of alkyl halides is 4. The molecule has 2 saturated carbocycles. The van der Waals surface area contributed by atoms with Gasteiger partial charge in [-0.05, 0) is 91.0 Å². The molecule has 0 bridgehead atoms. The topological polar surface area (TPSA) is 18.5 Å². The van der Waals surface area contributed by atoms with E-state index in [2.05, 4.69) is 16.4 Å². The maximum Gasteiger partial charge on any atom is 0.432 e. The molecular formula is C37H38F8O2. The summed E-state index contributed by atoms with van der Waals surface area (Å²) in [6, 6.07) is 9.31. The Morgan fingerprint density at radius 2 is 1.30 bits per heavy atom. The normalized spacial score (nSPS) is 22.2. The fourth-order valence-electron chi connectivity index (χ4n) is 7.32. The van der Waals surface area contributed by atoms with E-state index >= 15 is 8.78 Å². The minimum absolute atomic E-state index is 0.0314. The number of ether oxygens (including phenoxy) is 2. The second-order valence-corrected chi connectivity index (χ2v) is 12.7. The van der Waals surface area contributed by atoms with Crippen molar-refractivity contribution < 1.29 is 44.6 Å². The van der Waals surface area contributed by atoms with Crippen LogP contribution in [0.4, 0.5) is 35.1 Å². The molecule has 0 unspecified atom stereocenters. The summed E-state index contributed by atoms with van der Waals surface area (Å²) < 4.78 is 121. The zero-order valence-electron chi connectivity index (χ0n) is 26.1. The van der Waals surface area contributed by atoms with Gasteiger partial charge in [0.25, 0.3) is 6.43 Å². The molecule has 3 aromatic rings. The Morgan fingerprint density at radius 1 is 0.745 bits per heavy atom. The highest BCUT2D eigenvalue weighted by molar-refractivity contribution is 5.64. The van der Waals surface area contributed by atoms with Crippen molar-refractivity contribution in [2.75, 3.05) is 0 Å². The Bertz CT molecular complexity index is 1480. The maximum absolute atomic E-state index is 15.0. The summed E-state index contributed by atoms with van der Waals surface area (Å²) in [5.74, 6) is -5.74. The quantitative estimate of drug-likeness (QED) is 0.150. The van der Waals surface area contributed by atoms with Gasteiger partial charge in [-0.1, -0.05) is 56.9 Å². The third-order valence-electron chi connectivity index (χ3n) is 9.70. The minimum Gasteiger partial charge on any atom is -0.459 e. The molecule has 0 spiro atoms. The van der Waals surface area contributed by atoms with Crippen LogP contribution in [0, 0.1) is 41.0 Å². The minimum atomic E-state index is -4.67. The number of allylic oxidation sites excluding steroid dienone is 1. The zero-order chi connectivity index (χ0) is 33.7. The van der Waals surface area contributed by atoms with E-state index in [4.69, 9.17) is 0 Å². The first-order valence-corrected chi connectivity index (χ1v) is 16.2. The van der Waals surface area contributed by atoms with E-state index in [1.54, 1.807) is 12.1 Å². The van der Waals surface area contributed by atoms with Gasteiger partial charge in [0.15, 0.2) is 17.4 Å². The molecule has 254 valence electrons. The molecule has 0 aliphatic heterocycles. The third-order valence-corrected chi connectivity index (χ3v) is 9.70. The molecule has 0 atom stereocenters. The summed E-state index contributed by atoms with van der Waals surface area (Å²) in [5, 5.41) is 0. The van der Waals surface area contributed by atoms with Gasteiger partial charge >= 0.3 is 6.11 Å². The van der Waals surface area contributed by atoms with Gasteiger partial charge in [0.1, 0.15) is 22.9 Å². The van der Waals surface area contributed by atoms with Gasteiger partial charge in [0.2, 0.25) is 0 Å². The standard InChI is InChI=1S/C37H38F8O2/c1-2-3-22-4-6-23(7-5-22)24-8-10-25(11-9-24)26-12-14-27(15-13-26)28-18-30(38)35(31(39)19-28)37(44,45)47-29-20-32(40)36(33(41)21-29)46-17-16-34(42)43/h12-25,34H,2-11H2,1H3. The van der Waals surface area contributed by atoms with Gasteiger partial charge < -0.3 is 9.47 Å². The fraction of sp³-hybridized carbons (Fsp3) is 0.459. The van der Waals surface area contributed by atoms with Gasteiger partial charge in [0, 0.05) is 18.2 Å². The lowest BCUT2D eigenvalue weighted by Gasteiger charge is -2.38. The Kier molecular flexibility index (Phi) is 11.2. The van der Waals surface area contributed by atoms with E-state index < -0.39 is 52.9 Å². The summed E-state index contributed by atoms with van der Waals surface area (Å²) in [6.45, 7) is 2.26. The Labute approximate surface area is 269 Å². The van der Waals surface area contributed by atoms with E-state index in [0.717, 1.165) is 48.3 Å². The van der Waals surface area contributed by atoms with E-state index in [9.17, 15) is 26.3 Å². The van der Waals surface area contributed by atoms with Crippen molar-refractivity contribution in [3.05, 3.63) is 95.3 Å². The monoisotopic (exact) mass is 666 g/mol. The van der Waals surface area contributed by atoms with Gasteiger partial charge in [-0.2, -0.15) is 8.78 Å². The molecule has 0 aromatic heterocycles. The largest absolute Gasteiger partial charge is 0.459 e. The average molecular weight is 667 g/mol. The van der Waals surface area contributed by atoms with E-state index in [1.807, 2.05) is 12.1 Å². The number of halogens is 8. The number of hydrogen-bond donors (Lipinski definition) is 0. The Hall–Kier alpha value is -3.56. The Morgan fingerprint density at radius 3 is 1.83 bits per heavy atom. The summed E-state index contributed by atoms with van der Waals surface area (Å²) in [6.07, 6.45) is 5.44. The van der Waals surface area contributed by atoms with Crippen LogP contribution >= 0.6 is 0 Å². The number of hydrogen-bond acceptors (Lipinski definition) is 2. The van der Waals surface area contributed by atoms with Crippen molar-refractivity contribution in [3.63, 3.8) is 0 Å². The molecule has 2 aliphatic rings. The molecule has 0 amide bonds. The van der Waals surface area contributed by atoms with Crippen molar-refractivity contribution in [2.45, 2.75) is 89.6 Å². The van der Waals surface area contributed by atoms with Crippen LogP contribution in [0.15, 0.2) is 60.9 Å². The molecule has 3 aromatic carbocycles. The highest BCUT2D eigenvalue weighted by atomic mass is 19.3. The van der Waals surface area contributed by atoms with Crippen LogP contribution in [0.3, 0.4) is 0 Å². The van der Waals surface area contributed by atoms with Crippen LogP contribution in [-0.4, -0.2) is 6.43 Å². The SMILES string of the molecule is CCCC1CCC(C2CCC(c3ccc(-c4cc(F)c(C(F)(F)Oc5cc(F)c(OC=CC(F)F)c(F)c5)c(F)c4)cc3)CC2)CC1. The molecule has 0 radical (unpaired) electrons. The summed E-state index contributed by atoms with van der Waals surface area (Å²) in [7, 11) is 0. The van der Waals surface area contributed by atoms with Crippen LogP contribution in [0.2, 0.25) is 0 Å². The van der Waals surface area contributed by atoms with Crippen LogP contribution in [0.1, 0.15) is 88.2 Å². The summed E-state index contributed by atoms with van der Waals surface area (Å²) in [4.78, 5) is 0. The van der Waals surface area contributed by atoms with Crippen molar-refractivity contribution in [3.8, 4) is 22.6 Å². The van der Waals surface area contributed by atoms with Crippen molar-refractivity contribution in [2.24, 2.45) is 17.8 Å². The predicted molar refractivity (Wildman–Crippen MR) is 164 cm³/mol. The second kappa shape index (κ2) is 15.1. The number of benzene rings is 3. The van der Waals surface area contributed by atoms with Crippen LogP contribution < -0.4 is 9.47 Å². The summed E-state index contributed by atoms with van der Waals surface area (Å²) >= 11 is 0. The average Bonchev–Trinajstić information content (AvgIpc) is 3.02. The first-order valence-electron chi connectivity index (χ1n) is 16.2. The molecule has 47 heavy (non-hydrogen) atoms. The van der Waals surface area contributed by atoms with E-state index in [0.29, 0.717) is 17.7 Å². The molecule has 0 N–H and O–H groups in total. The molecule has 2 fully saturated rings. The lowest BCUT2D eigenvalue weighted by molar-refractivity contribution is -0.189. The second-order valence-electron chi connectivity index (χ2n) is 12.7. The molecule has 5 rings (SSSR count).